The lowest BCUT2D eigenvalue weighted by molar-refractivity contribution is -0.137. The quantitative estimate of drug-likeness (QED) is 0.478. The lowest BCUT2D eigenvalue weighted by Crippen LogP contribution is -2.32. The van der Waals surface area contributed by atoms with Crippen LogP contribution in [0.15, 0.2) is 65.7 Å². The summed E-state index contributed by atoms with van der Waals surface area (Å²) < 4.78 is 66.6. The number of hydrogen-bond acceptors (Lipinski definition) is 4. The minimum Gasteiger partial charge on any atom is -0.478 e. The summed E-state index contributed by atoms with van der Waals surface area (Å²) in [7, 11) is -4.52. The molecule has 0 saturated carbocycles. The molecule has 3 rings (SSSR count). The van der Waals surface area contributed by atoms with Crippen molar-refractivity contribution in [1.29, 1.82) is 0 Å². The van der Waals surface area contributed by atoms with Gasteiger partial charge in [-0.1, -0.05) is 53.5 Å². The standard InChI is InChI=1S/C20H13Cl2F3N2O4S/c21-15-8-13(19(28)29)6-7-17(15)32(30,31)27(11-12-4-2-1-3-5-12)18-16(22)9-14(10-26-18)20(23,24)25/h1-10H,11H2,(H,28,29). The van der Waals surface area contributed by atoms with E-state index in [-0.39, 0.29) is 17.1 Å². The number of alkyl halides is 3. The van der Waals surface area contributed by atoms with Crippen molar-refractivity contribution in [3.63, 3.8) is 0 Å². The largest absolute Gasteiger partial charge is 0.478 e. The fraction of sp³-hybridized carbons (Fsp3) is 0.100. The second-order valence-electron chi connectivity index (χ2n) is 6.47. The van der Waals surface area contributed by atoms with E-state index in [4.69, 9.17) is 28.3 Å². The van der Waals surface area contributed by atoms with Crippen LogP contribution in [0.3, 0.4) is 0 Å². The van der Waals surface area contributed by atoms with Crippen molar-refractivity contribution in [3.8, 4) is 0 Å². The molecule has 1 aromatic heterocycles. The van der Waals surface area contributed by atoms with Crippen molar-refractivity contribution in [2.75, 3.05) is 4.31 Å². The van der Waals surface area contributed by atoms with Crippen LogP contribution >= 0.6 is 23.2 Å². The molecule has 0 spiro atoms. The maximum Gasteiger partial charge on any atom is 0.417 e. The molecule has 1 heterocycles. The zero-order valence-electron chi connectivity index (χ0n) is 15.8. The van der Waals surface area contributed by atoms with Gasteiger partial charge in [0, 0.05) is 6.20 Å². The van der Waals surface area contributed by atoms with E-state index in [9.17, 15) is 26.4 Å². The second kappa shape index (κ2) is 8.97. The summed E-state index contributed by atoms with van der Waals surface area (Å²) in [6.07, 6.45) is -4.25. The minimum atomic E-state index is -4.73. The van der Waals surface area contributed by atoms with Crippen LogP contribution in [0.1, 0.15) is 21.5 Å². The summed E-state index contributed by atoms with van der Waals surface area (Å²) in [5.74, 6) is -1.76. The number of sulfonamides is 1. The lowest BCUT2D eigenvalue weighted by Gasteiger charge is -2.25. The Kier molecular flexibility index (Phi) is 6.68. The van der Waals surface area contributed by atoms with Gasteiger partial charge in [-0.05, 0) is 29.8 Å². The molecule has 2 aromatic carbocycles. The molecule has 0 saturated heterocycles. The van der Waals surface area contributed by atoms with Gasteiger partial charge in [0.25, 0.3) is 10.0 Å². The fourth-order valence-corrected chi connectivity index (χ4v) is 5.02. The lowest BCUT2D eigenvalue weighted by atomic mass is 10.2. The number of hydrogen-bond donors (Lipinski definition) is 1. The first-order chi connectivity index (χ1) is 14.9. The number of benzene rings is 2. The predicted molar refractivity (Wildman–Crippen MR) is 112 cm³/mol. The van der Waals surface area contributed by atoms with Crippen LogP contribution in [0.5, 0.6) is 0 Å². The Morgan fingerprint density at radius 1 is 1.03 bits per heavy atom. The fourth-order valence-electron chi connectivity index (χ4n) is 2.75. The van der Waals surface area contributed by atoms with E-state index in [1.807, 2.05) is 0 Å². The monoisotopic (exact) mass is 504 g/mol. The van der Waals surface area contributed by atoms with Gasteiger partial charge in [-0.3, -0.25) is 0 Å². The van der Waals surface area contributed by atoms with Gasteiger partial charge < -0.3 is 5.11 Å². The van der Waals surface area contributed by atoms with Crippen molar-refractivity contribution in [1.82, 2.24) is 4.98 Å². The van der Waals surface area contributed by atoms with E-state index in [1.54, 1.807) is 30.3 Å². The highest BCUT2D eigenvalue weighted by molar-refractivity contribution is 7.93. The molecule has 0 amide bonds. The molecule has 32 heavy (non-hydrogen) atoms. The molecule has 0 fully saturated rings. The van der Waals surface area contributed by atoms with Crippen molar-refractivity contribution in [3.05, 3.63) is 87.5 Å². The molecular formula is C20H13Cl2F3N2O4S. The summed E-state index contributed by atoms with van der Waals surface area (Å²) in [5.41, 5.74) is -0.895. The van der Waals surface area contributed by atoms with Gasteiger partial charge in [0.1, 0.15) is 4.90 Å². The van der Waals surface area contributed by atoms with Crippen LogP contribution in [-0.2, 0) is 22.7 Å². The molecule has 3 aromatic rings. The number of carboxylic acid groups (broad SMARTS) is 1. The molecule has 0 aliphatic carbocycles. The molecule has 6 nitrogen and oxygen atoms in total. The van der Waals surface area contributed by atoms with Gasteiger partial charge in [0.05, 0.1) is 27.7 Å². The first-order valence-electron chi connectivity index (χ1n) is 8.73. The van der Waals surface area contributed by atoms with E-state index in [0.717, 1.165) is 18.2 Å². The van der Waals surface area contributed by atoms with Crippen LogP contribution in [0.4, 0.5) is 19.0 Å². The molecule has 0 atom stereocenters. The smallest absolute Gasteiger partial charge is 0.417 e. The molecule has 168 valence electrons. The average Bonchev–Trinajstić information content (AvgIpc) is 2.72. The molecular weight excluding hydrogens is 492 g/mol. The van der Waals surface area contributed by atoms with Crippen LogP contribution in [0.25, 0.3) is 0 Å². The highest BCUT2D eigenvalue weighted by Crippen LogP contribution is 2.37. The van der Waals surface area contributed by atoms with E-state index >= 15 is 0 Å². The number of rotatable bonds is 6. The molecule has 0 aliphatic heterocycles. The predicted octanol–water partition coefficient (Wildman–Crippen LogP) is 5.50. The Morgan fingerprint density at radius 2 is 1.69 bits per heavy atom. The van der Waals surface area contributed by atoms with Crippen molar-refractivity contribution >= 4 is 45.0 Å². The molecule has 0 unspecified atom stereocenters. The summed E-state index contributed by atoms with van der Waals surface area (Å²) in [6, 6.07) is 11.8. The third kappa shape index (κ3) is 4.98. The number of aromatic carboxylic acids is 1. The summed E-state index contributed by atoms with van der Waals surface area (Å²) in [6.45, 7) is -0.321. The molecule has 0 aliphatic rings. The number of pyridine rings is 1. The number of carbonyl (C=O) groups is 1. The van der Waals surface area contributed by atoms with Crippen LogP contribution in [0, 0.1) is 0 Å². The Bertz CT molecular complexity index is 1270. The highest BCUT2D eigenvalue weighted by atomic mass is 35.5. The Balaban J connectivity index is 2.16. The topological polar surface area (TPSA) is 87.6 Å². The van der Waals surface area contributed by atoms with Crippen molar-refractivity contribution < 1.29 is 31.5 Å². The van der Waals surface area contributed by atoms with E-state index in [0.29, 0.717) is 22.1 Å². The zero-order valence-corrected chi connectivity index (χ0v) is 18.2. The van der Waals surface area contributed by atoms with Crippen LogP contribution in [-0.4, -0.2) is 24.5 Å². The third-order valence-corrected chi connectivity index (χ3v) is 6.80. The third-order valence-electron chi connectivity index (χ3n) is 4.30. The summed E-state index contributed by atoms with van der Waals surface area (Å²) in [4.78, 5) is 14.3. The minimum absolute atomic E-state index is 0.241. The SMILES string of the molecule is O=C(O)c1ccc(S(=O)(=O)N(Cc2ccccc2)c2ncc(C(F)(F)F)cc2Cl)c(Cl)c1. The summed E-state index contributed by atoms with van der Waals surface area (Å²) >= 11 is 12.1. The Labute approximate surface area is 190 Å². The van der Waals surface area contributed by atoms with Crippen molar-refractivity contribution in [2.24, 2.45) is 0 Å². The molecule has 1 N–H and O–H groups in total. The van der Waals surface area contributed by atoms with Gasteiger partial charge in [0.15, 0.2) is 5.82 Å². The molecule has 0 bridgehead atoms. The number of halogens is 5. The van der Waals surface area contributed by atoms with Gasteiger partial charge in [-0.15, -0.1) is 0 Å². The first kappa shape index (κ1) is 23.8. The molecule has 12 heteroatoms. The maximum atomic E-state index is 13.4. The van der Waals surface area contributed by atoms with Gasteiger partial charge in [-0.2, -0.15) is 13.2 Å². The number of carboxylic acids is 1. The summed E-state index contributed by atoms with van der Waals surface area (Å²) in [5, 5.41) is 8.15. The van der Waals surface area contributed by atoms with Gasteiger partial charge >= 0.3 is 12.1 Å². The van der Waals surface area contributed by atoms with E-state index in [1.165, 1.54) is 0 Å². The highest BCUT2D eigenvalue weighted by Gasteiger charge is 2.34. The Hall–Kier alpha value is -2.82. The van der Waals surface area contributed by atoms with Crippen LogP contribution in [0.2, 0.25) is 10.0 Å². The Morgan fingerprint density at radius 3 is 2.22 bits per heavy atom. The van der Waals surface area contributed by atoms with Crippen molar-refractivity contribution in [2.45, 2.75) is 17.6 Å². The van der Waals surface area contributed by atoms with Gasteiger partial charge in [0.2, 0.25) is 0 Å². The normalized spacial score (nSPS) is 11.9. The average molecular weight is 505 g/mol. The first-order valence-corrected chi connectivity index (χ1v) is 10.9. The number of anilines is 1. The van der Waals surface area contributed by atoms with Gasteiger partial charge in [-0.25, -0.2) is 22.5 Å². The van der Waals surface area contributed by atoms with Crippen LogP contribution < -0.4 is 4.31 Å². The van der Waals surface area contributed by atoms with E-state index in [2.05, 4.69) is 4.98 Å². The number of aromatic nitrogens is 1. The maximum absolute atomic E-state index is 13.4. The zero-order chi connectivity index (χ0) is 23.7. The number of nitrogens with zero attached hydrogens (tertiary/aromatic N) is 2. The molecule has 0 radical (unpaired) electrons. The van der Waals surface area contributed by atoms with E-state index < -0.39 is 43.5 Å². The second-order valence-corrected chi connectivity index (χ2v) is 9.12.